The van der Waals surface area contributed by atoms with Gasteiger partial charge in [0.05, 0.1) is 0 Å². The molecule has 0 spiro atoms. The first kappa shape index (κ1) is 15.8. The van der Waals surface area contributed by atoms with Gasteiger partial charge in [0.1, 0.15) is 0 Å². The number of carbonyl (C=O) groups excluding carboxylic acids is 1. The lowest BCUT2D eigenvalue weighted by Crippen LogP contribution is -2.26. The van der Waals surface area contributed by atoms with Crippen LogP contribution in [0.25, 0.3) is 0 Å². The van der Waals surface area contributed by atoms with Gasteiger partial charge in [0.2, 0.25) is 0 Å². The molecule has 0 bridgehead atoms. The van der Waals surface area contributed by atoms with Crippen LogP contribution in [0, 0.1) is 6.92 Å². The highest BCUT2D eigenvalue weighted by molar-refractivity contribution is 9.10. The van der Waals surface area contributed by atoms with Crippen LogP contribution in [0.2, 0.25) is 0 Å². The van der Waals surface area contributed by atoms with E-state index in [4.69, 9.17) is 0 Å². The van der Waals surface area contributed by atoms with Crippen LogP contribution in [0.3, 0.4) is 0 Å². The third-order valence-electron chi connectivity index (χ3n) is 3.68. The smallest absolute Gasteiger partial charge is 0.251 e. The molecule has 0 aliphatic heterocycles. The number of nitrogens with one attached hydrogen (secondary N) is 1. The molecule has 0 heterocycles. The highest BCUT2D eigenvalue weighted by atomic mass is 79.9. The van der Waals surface area contributed by atoms with Gasteiger partial charge < -0.3 is 5.32 Å². The van der Waals surface area contributed by atoms with Crippen molar-refractivity contribution in [3.63, 3.8) is 0 Å². The largest absolute Gasteiger partial charge is 0.352 e. The van der Waals surface area contributed by atoms with Crippen LogP contribution in [0.15, 0.2) is 53.0 Å². The van der Waals surface area contributed by atoms with Gasteiger partial charge in [0.15, 0.2) is 0 Å². The lowest BCUT2D eigenvalue weighted by Gasteiger charge is -2.13. The second kappa shape index (κ2) is 7.41. The van der Waals surface area contributed by atoms with Crippen molar-refractivity contribution in [1.29, 1.82) is 0 Å². The molecule has 110 valence electrons. The number of halogens is 1. The van der Waals surface area contributed by atoms with Crippen LogP contribution < -0.4 is 5.32 Å². The van der Waals surface area contributed by atoms with Gasteiger partial charge in [-0.2, -0.15) is 0 Å². The van der Waals surface area contributed by atoms with Gasteiger partial charge in [-0.25, -0.2) is 0 Å². The van der Waals surface area contributed by atoms with Crippen molar-refractivity contribution in [2.45, 2.75) is 26.2 Å². The number of carbonyl (C=O) groups is 1. The summed E-state index contributed by atoms with van der Waals surface area (Å²) in [4.78, 5) is 12.2. The summed E-state index contributed by atoms with van der Waals surface area (Å²) >= 11 is 3.41. The SMILES string of the molecule is Cc1ccc(Br)cc1C(=O)NCCC(C)c1ccccc1. The lowest BCUT2D eigenvalue weighted by atomic mass is 9.98. The maximum absolute atomic E-state index is 12.2. The van der Waals surface area contributed by atoms with Gasteiger partial charge in [0.25, 0.3) is 5.91 Å². The first-order valence-electron chi connectivity index (χ1n) is 7.17. The van der Waals surface area contributed by atoms with Crippen LogP contribution in [0.4, 0.5) is 0 Å². The Labute approximate surface area is 134 Å². The van der Waals surface area contributed by atoms with Crippen molar-refractivity contribution in [3.8, 4) is 0 Å². The number of amides is 1. The average molecular weight is 346 g/mol. The molecule has 0 saturated carbocycles. The van der Waals surface area contributed by atoms with E-state index in [2.05, 4.69) is 52.4 Å². The first-order valence-corrected chi connectivity index (χ1v) is 7.96. The molecule has 0 aromatic heterocycles. The minimum Gasteiger partial charge on any atom is -0.352 e. The minimum absolute atomic E-state index is 0.00550. The Balaban J connectivity index is 1.88. The maximum atomic E-state index is 12.2. The molecule has 1 unspecified atom stereocenters. The molecular formula is C18H20BrNO. The lowest BCUT2D eigenvalue weighted by molar-refractivity contribution is 0.0952. The summed E-state index contributed by atoms with van der Waals surface area (Å²) in [6.45, 7) is 4.82. The average Bonchev–Trinajstić information content (AvgIpc) is 2.50. The molecule has 2 aromatic carbocycles. The summed E-state index contributed by atoms with van der Waals surface area (Å²) in [6, 6.07) is 16.1. The van der Waals surface area contributed by atoms with Gasteiger partial charge in [-0.05, 0) is 42.5 Å². The van der Waals surface area contributed by atoms with E-state index in [1.807, 2.05) is 31.2 Å². The molecule has 1 N–H and O–H groups in total. The van der Waals surface area contributed by atoms with E-state index in [1.54, 1.807) is 0 Å². The molecule has 21 heavy (non-hydrogen) atoms. The predicted octanol–water partition coefficient (Wildman–Crippen LogP) is 4.68. The fourth-order valence-electron chi connectivity index (χ4n) is 2.28. The standard InChI is InChI=1S/C18H20BrNO/c1-13(15-6-4-3-5-7-15)10-11-20-18(21)17-12-16(19)9-8-14(17)2/h3-9,12-13H,10-11H2,1-2H3,(H,20,21). The number of rotatable bonds is 5. The number of benzene rings is 2. The molecule has 0 aliphatic rings. The Morgan fingerprint density at radius 2 is 1.90 bits per heavy atom. The summed E-state index contributed by atoms with van der Waals surface area (Å²) in [5, 5.41) is 3.01. The zero-order valence-electron chi connectivity index (χ0n) is 12.4. The van der Waals surface area contributed by atoms with Gasteiger partial charge in [-0.15, -0.1) is 0 Å². The van der Waals surface area contributed by atoms with E-state index >= 15 is 0 Å². The fraction of sp³-hybridized carbons (Fsp3) is 0.278. The van der Waals surface area contributed by atoms with Gasteiger partial charge in [-0.3, -0.25) is 4.79 Å². The van der Waals surface area contributed by atoms with E-state index in [0.717, 1.165) is 22.0 Å². The van der Waals surface area contributed by atoms with E-state index in [9.17, 15) is 4.79 Å². The summed E-state index contributed by atoms with van der Waals surface area (Å²) in [6.07, 6.45) is 0.933. The van der Waals surface area contributed by atoms with Crippen LogP contribution in [0.5, 0.6) is 0 Å². The van der Waals surface area contributed by atoms with E-state index in [-0.39, 0.29) is 5.91 Å². The molecule has 0 radical (unpaired) electrons. The van der Waals surface area contributed by atoms with Gasteiger partial charge in [-0.1, -0.05) is 59.3 Å². The van der Waals surface area contributed by atoms with Gasteiger partial charge >= 0.3 is 0 Å². The molecule has 2 nitrogen and oxygen atoms in total. The molecule has 2 aromatic rings. The fourth-order valence-corrected chi connectivity index (χ4v) is 2.65. The monoisotopic (exact) mass is 345 g/mol. The molecular weight excluding hydrogens is 326 g/mol. The molecule has 1 amide bonds. The van der Waals surface area contributed by atoms with Crippen LogP contribution in [-0.2, 0) is 0 Å². The third kappa shape index (κ3) is 4.43. The number of hydrogen-bond acceptors (Lipinski definition) is 1. The summed E-state index contributed by atoms with van der Waals surface area (Å²) < 4.78 is 0.927. The second-order valence-electron chi connectivity index (χ2n) is 5.32. The van der Waals surface area contributed by atoms with Crippen LogP contribution in [-0.4, -0.2) is 12.5 Å². The van der Waals surface area contributed by atoms with Crippen molar-refractivity contribution in [2.24, 2.45) is 0 Å². The molecule has 1 atom stereocenters. The molecule has 0 saturated heterocycles. The summed E-state index contributed by atoms with van der Waals surface area (Å²) in [5.41, 5.74) is 3.04. The zero-order valence-corrected chi connectivity index (χ0v) is 14.0. The third-order valence-corrected chi connectivity index (χ3v) is 4.17. The topological polar surface area (TPSA) is 29.1 Å². The summed E-state index contributed by atoms with van der Waals surface area (Å²) in [7, 11) is 0. The van der Waals surface area contributed by atoms with Crippen LogP contribution >= 0.6 is 15.9 Å². The number of aryl methyl sites for hydroxylation is 1. The molecule has 0 fully saturated rings. The van der Waals surface area contributed by atoms with Gasteiger partial charge in [0, 0.05) is 16.6 Å². The van der Waals surface area contributed by atoms with E-state index < -0.39 is 0 Å². The maximum Gasteiger partial charge on any atom is 0.251 e. The Hall–Kier alpha value is -1.61. The number of hydrogen-bond donors (Lipinski definition) is 1. The second-order valence-corrected chi connectivity index (χ2v) is 6.23. The quantitative estimate of drug-likeness (QED) is 0.837. The molecule has 3 heteroatoms. The Kier molecular flexibility index (Phi) is 5.57. The highest BCUT2D eigenvalue weighted by Crippen LogP contribution is 2.18. The molecule has 0 aliphatic carbocycles. The Morgan fingerprint density at radius 1 is 1.19 bits per heavy atom. The van der Waals surface area contributed by atoms with Crippen molar-refractivity contribution in [1.82, 2.24) is 5.32 Å². The van der Waals surface area contributed by atoms with Crippen molar-refractivity contribution in [3.05, 3.63) is 69.7 Å². The molecule has 2 rings (SSSR count). The summed E-state index contributed by atoms with van der Waals surface area (Å²) in [5.74, 6) is 0.434. The minimum atomic E-state index is -0.00550. The van der Waals surface area contributed by atoms with Crippen molar-refractivity contribution < 1.29 is 4.79 Å². The van der Waals surface area contributed by atoms with E-state index in [1.165, 1.54) is 5.56 Å². The Bertz CT molecular complexity index is 610. The highest BCUT2D eigenvalue weighted by Gasteiger charge is 2.10. The zero-order chi connectivity index (χ0) is 15.2. The van der Waals surface area contributed by atoms with Crippen LogP contribution in [0.1, 0.15) is 40.7 Å². The predicted molar refractivity (Wildman–Crippen MR) is 90.7 cm³/mol. The van der Waals surface area contributed by atoms with E-state index in [0.29, 0.717) is 12.5 Å². The normalized spacial score (nSPS) is 12.0. The first-order chi connectivity index (χ1) is 10.1. The van der Waals surface area contributed by atoms with Crippen molar-refractivity contribution >= 4 is 21.8 Å². The van der Waals surface area contributed by atoms with Crippen molar-refractivity contribution in [2.75, 3.05) is 6.54 Å². The Morgan fingerprint density at radius 3 is 2.62 bits per heavy atom.